The lowest BCUT2D eigenvalue weighted by Gasteiger charge is -2.27. The Labute approximate surface area is 140 Å². The highest BCUT2D eigenvalue weighted by Crippen LogP contribution is 2.24. The van der Waals surface area contributed by atoms with Gasteiger partial charge in [0.05, 0.1) is 24.9 Å². The summed E-state index contributed by atoms with van der Waals surface area (Å²) in [4.78, 5) is 26.5. The molecule has 2 aromatic rings. The Morgan fingerprint density at radius 2 is 2.12 bits per heavy atom. The number of nitrogens with zero attached hydrogens (tertiary/aromatic N) is 5. The predicted octanol–water partition coefficient (Wildman–Crippen LogP) is 1.01. The molecule has 2 aromatic heterocycles. The van der Waals surface area contributed by atoms with Gasteiger partial charge in [-0.2, -0.15) is 10.2 Å². The minimum Gasteiger partial charge on any atom is -0.461 e. The van der Waals surface area contributed by atoms with E-state index in [1.807, 2.05) is 14.0 Å². The number of esters is 1. The monoisotopic (exact) mass is 331 g/mol. The summed E-state index contributed by atoms with van der Waals surface area (Å²) in [5.74, 6) is -0.526. The highest BCUT2D eigenvalue weighted by Gasteiger charge is 2.30. The van der Waals surface area contributed by atoms with E-state index in [1.165, 1.54) is 0 Å². The van der Waals surface area contributed by atoms with Crippen molar-refractivity contribution in [3.8, 4) is 0 Å². The first-order valence-corrected chi connectivity index (χ1v) is 8.08. The zero-order chi connectivity index (χ0) is 17.3. The van der Waals surface area contributed by atoms with E-state index in [0.29, 0.717) is 43.9 Å². The second kappa shape index (κ2) is 6.46. The highest BCUT2D eigenvalue weighted by molar-refractivity contribution is 5.94. The van der Waals surface area contributed by atoms with E-state index in [1.54, 1.807) is 33.6 Å². The van der Waals surface area contributed by atoms with Crippen LogP contribution in [0.25, 0.3) is 0 Å². The Hall–Kier alpha value is -2.64. The maximum Gasteiger partial charge on any atom is 0.359 e. The molecule has 3 heterocycles. The lowest BCUT2D eigenvalue weighted by molar-refractivity contribution is 0.0513. The number of fused-ring (bicyclic) bond motifs is 1. The third-order valence-corrected chi connectivity index (χ3v) is 4.20. The second-order valence-electron chi connectivity index (χ2n) is 5.68. The summed E-state index contributed by atoms with van der Waals surface area (Å²) < 4.78 is 8.50. The molecule has 0 saturated heterocycles. The van der Waals surface area contributed by atoms with E-state index in [4.69, 9.17) is 4.74 Å². The molecule has 128 valence electrons. The van der Waals surface area contributed by atoms with Crippen molar-refractivity contribution >= 4 is 11.9 Å². The molecule has 8 heteroatoms. The van der Waals surface area contributed by atoms with E-state index >= 15 is 0 Å². The molecule has 8 nitrogen and oxygen atoms in total. The van der Waals surface area contributed by atoms with Crippen molar-refractivity contribution in [2.24, 2.45) is 7.05 Å². The van der Waals surface area contributed by atoms with Crippen LogP contribution in [-0.4, -0.2) is 49.5 Å². The minimum atomic E-state index is -0.442. The van der Waals surface area contributed by atoms with Gasteiger partial charge >= 0.3 is 5.97 Å². The summed E-state index contributed by atoms with van der Waals surface area (Å²) in [5.41, 5.74) is 2.61. The van der Waals surface area contributed by atoms with Crippen LogP contribution in [-0.2, 0) is 31.3 Å². The molecule has 1 amide bonds. The molecular formula is C16H21N5O3. The Kier molecular flexibility index (Phi) is 4.37. The minimum absolute atomic E-state index is 0.0842. The Morgan fingerprint density at radius 1 is 1.33 bits per heavy atom. The van der Waals surface area contributed by atoms with Crippen molar-refractivity contribution in [1.82, 2.24) is 24.5 Å². The predicted molar refractivity (Wildman–Crippen MR) is 85.5 cm³/mol. The molecule has 24 heavy (non-hydrogen) atoms. The fourth-order valence-electron chi connectivity index (χ4n) is 2.96. The van der Waals surface area contributed by atoms with Gasteiger partial charge < -0.3 is 9.64 Å². The van der Waals surface area contributed by atoms with Gasteiger partial charge in [0, 0.05) is 44.0 Å². The molecule has 1 aliphatic rings. The van der Waals surface area contributed by atoms with Gasteiger partial charge in [-0.3, -0.25) is 14.2 Å². The number of hydrogen-bond acceptors (Lipinski definition) is 5. The molecule has 0 fully saturated rings. The van der Waals surface area contributed by atoms with Gasteiger partial charge in [0.1, 0.15) is 0 Å². The van der Waals surface area contributed by atoms with Crippen LogP contribution in [0.4, 0.5) is 0 Å². The Bertz CT molecular complexity index is 777. The van der Waals surface area contributed by atoms with E-state index in [2.05, 4.69) is 10.2 Å². The second-order valence-corrected chi connectivity index (χ2v) is 5.68. The van der Waals surface area contributed by atoms with Crippen LogP contribution < -0.4 is 0 Å². The van der Waals surface area contributed by atoms with Gasteiger partial charge in [0.2, 0.25) is 0 Å². The summed E-state index contributed by atoms with van der Waals surface area (Å²) in [6.45, 7) is 5.68. The van der Waals surface area contributed by atoms with Crippen LogP contribution in [0.15, 0.2) is 12.4 Å². The summed E-state index contributed by atoms with van der Waals surface area (Å²) >= 11 is 0. The quantitative estimate of drug-likeness (QED) is 0.781. The number of carbonyl (C=O) groups is 2. The lowest BCUT2D eigenvalue weighted by atomic mass is 10.0. The van der Waals surface area contributed by atoms with Gasteiger partial charge in [-0.05, 0) is 13.8 Å². The molecule has 1 aliphatic heterocycles. The van der Waals surface area contributed by atoms with Gasteiger partial charge in [-0.15, -0.1) is 0 Å². The summed E-state index contributed by atoms with van der Waals surface area (Å²) in [6.07, 6.45) is 3.98. The average molecular weight is 331 g/mol. The van der Waals surface area contributed by atoms with E-state index < -0.39 is 5.97 Å². The first-order valence-electron chi connectivity index (χ1n) is 8.08. The zero-order valence-corrected chi connectivity index (χ0v) is 14.2. The summed E-state index contributed by atoms with van der Waals surface area (Å²) in [7, 11) is 1.81. The number of hydrogen-bond donors (Lipinski definition) is 0. The van der Waals surface area contributed by atoms with E-state index in [9.17, 15) is 9.59 Å². The Balaban J connectivity index is 1.85. The summed E-state index contributed by atoms with van der Waals surface area (Å²) in [5, 5.41) is 8.43. The number of ether oxygens (including phenoxy) is 1. The number of rotatable bonds is 4. The molecule has 3 rings (SSSR count). The molecule has 0 radical (unpaired) electrons. The zero-order valence-electron chi connectivity index (χ0n) is 14.2. The number of aromatic nitrogens is 4. The molecule has 0 atom stereocenters. The summed E-state index contributed by atoms with van der Waals surface area (Å²) in [6, 6.07) is 0. The largest absolute Gasteiger partial charge is 0.461 e. The molecule has 0 aromatic carbocycles. The van der Waals surface area contributed by atoms with Crippen molar-refractivity contribution in [2.45, 2.75) is 33.4 Å². The van der Waals surface area contributed by atoms with Crippen molar-refractivity contribution in [3.63, 3.8) is 0 Å². The van der Waals surface area contributed by atoms with E-state index in [0.717, 1.165) is 11.3 Å². The average Bonchev–Trinajstić information content (AvgIpc) is 3.19. The van der Waals surface area contributed by atoms with Crippen LogP contribution in [0.3, 0.4) is 0 Å². The van der Waals surface area contributed by atoms with Crippen molar-refractivity contribution in [1.29, 1.82) is 0 Å². The molecule has 0 bridgehead atoms. The maximum absolute atomic E-state index is 12.7. The number of aryl methyl sites for hydroxylation is 2. The number of amides is 1. The standard InChI is InChI=1S/C16H21N5O3/c1-4-21-9-11(8-17-21)15(22)20-7-6-13-12(10-20)14(18-19(13)3)16(23)24-5-2/h8-9H,4-7,10H2,1-3H3. The molecule has 0 aliphatic carbocycles. The van der Waals surface area contributed by atoms with Crippen LogP contribution >= 0.6 is 0 Å². The first-order chi connectivity index (χ1) is 11.5. The molecule has 0 saturated carbocycles. The van der Waals surface area contributed by atoms with Crippen molar-refractivity contribution in [2.75, 3.05) is 13.2 Å². The first kappa shape index (κ1) is 16.2. The van der Waals surface area contributed by atoms with Gasteiger partial charge in [-0.1, -0.05) is 0 Å². The van der Waals surface area contributed by atoms with Crippen LogP contribution in [0.2, 0.25) is 0 Å². The smallest absolute Gasteiger partial charge is 0.359 e. The molecule has 0 unspecified atom stereocenters. The normalized spacial score (nSPS) is 13.7. The third-order valence-electron chi connectivity index (χ3n) is 4.20. The topological polar surface area (TPSA) is 82.2 Å². The van der Waals surface area contributed by atoms with Crippen LogP contribution in [0.1, 0.15) is 46.0 Å². The SMILES string of the molecule is CCOC(=O)c1nn(C)c2c1CN(C(=O)c1cnn(CC)c1)CC2. The highest BCUT2D eigenvalue weighted by atomic mass is 16.5. The van der Waals surface area contributed by atoms with E-state index in [-0.39, 0.29) is 5.91 Å². The fourth-order valence-corrected chi connectivity index (χ4v) is 2.96. The lowest BCUT2D eigenvalue weighted by Crippen LogP contribution is -2.36. The van der Waals surface area contributed by atoms with Gasteiger partial charge in [0.25, 0.3) is 5.91 Å². The number of carbonyl (C=O) groups excluding carboxylic acids is 2. The van der Waals surface area contributed by atoms with Crippen molar-refractivity contribution in [3.05, 3.63) is 34.9 Å². The van der Waals surface area contributed by atoms with Gasteiger partial charge in [0.15, 0.2) is 5.69 Å². The fraction of sp³-hybridized carbons (Fsp3) is 0.500. The molecular weight excluding hydrogens is 310 g/mol. The Morgan fingerprint density at radius 3 is 2.79 bits per heavy atom. The maximum atomic E-state index is 12.7. The molecule has 0 spiro atoms. The van der Waals surface area contributed by atoms with Gasteiger partial charge in [-0.25, -0.2) is 4.79 Å². The van der Waals surface area contributed by atoms with Crippen LogP contribution in [0.5, 0.6) is 0 Å². The van der Waals surface area contributed by atoms with Crippen LogP contribution in [0, 0.1) is 0 Å². The molecule has 0 N–H and O–H groups in total. The van der Waals surface area contributed by atoms with Crippen molar-refractivity contribution < 1.29 is 14.3 Å². The third kappa shape index (κ3) is 2.79.